The number of hydrogen-bond acceptors (Lipinski definition) is 4. The first-order valence-corrected chi connectivity index (χ1v) is 6.50. The maximum absolute atomic E-state index is 11.8. The molecule has 0 aliphatic carbocycles. The van der Waals surface area contributed by atoms with Gasteiger partial charge in [-0.3, -0.25) is 4.79 Å². The second-order valence-corrected chi connectivity index (χ2v) is 4.86. The lowest BCUT2D eigenvalue weighted by atomic mass is 10.0. The third-order valence-electron chi connectivity index (χ3n) is 3.57. The van der Waals surface area contributed by atoms with Gasteiger partial charge in [-0.1, -0.05) is 0 Å². The third-order valence-corrected chi connectivity index (χ3v) is 3.57. The zero-order chi connectivity index (χ0) is 12.1. The lowest BCUT2D eigenvalue weighted by Gasteiger charge is -2.23. The topological polar surface area (TPSA) is 73.6 Å². The largest absolute Gasteiger partial charge is 0.381 e. The molecule has 0 radical (unpaired) electrons. The van der Waals surface area contributed by atoms with Crippen molar-refractivity contribution in [2.45, 2.75) is 37.9 Å². The monoisotopic (exact) mass is 242 g/mol. The Bertz CT molecular complexity index is 254. The molecule has 0 bridgehead atoms. The molecule has 3 N–H and O–H groups in total. The molecule has 17 heavy (non-hydrogen) atoms. The van der Waals surface area contributed by atoms with E-state index in [2.05, 4.69) is 5.32 Å². The van der Waals surface area contributed by atoms with Gasteiger partial charge in [0.25, 0.3) is 0 Å². The van der Waals surface area contributed by atoms with Gasteiger partial charge in [-0.2, -0.15) is 0 Å². The smallest absolute Gasteiger partial charge is 0.249 e. The van der Waals surface area contributed by atoms with E-state index >= 15 is 0 Å². The second kappa shape index (κ2) is 6.33. The van der Waals surface area contributed by atoms with E-state index in [0.29, 0.717) is 12.5 Å². The van der Waals surface area contributed by atoms with Crippen molar-refractivity contribution in [3.63, 3.8) is 0 Å². The highest BCUT2D eigenvalue weighted by atomic mass is 16.5. The number of carbonyl (C=O) groups is 1. The van der Waals surface area contributed by atoms with Gasteiger partial charge >= 0.3 is 0 Å². The van der Waals surface area contributed by atoms with Crippen molar-refractivity contribution in [3.8, 4) is 0 Å². The van der Waals surface area contributed by atoms with Gasteiger partial charge in [0, 0.05) is 26.3 Å². The average Bonchev–Trinajstić information content (AvgIpc) is 2.86. The fourth-order valence-corrected chi connectivity index (χ4v) is 2.38. The van der Waals surface area contributed by atoms with Gasteiger partial charge in [-0.15, -0.1) is 0 Å². The van der Waals surface area contributed by atoms with Crippen molar-refractivity contribution >= 4 is 5.91 Å². The van der Waals surface area contributed by atoms with Gasteiger partial charge in [0.05, 0.1) is 6.10 Å². The summed E-state index contributed by atoms with van der Waals surface area (Å²) in [6.45, 7) is 2.88. The lowest BCUT2D eigenvalue weighted by Crippen LogP contribution is -2.39. The minimum absolute atomic E-state index is 0.0208. The van der Waals surface area contributed by atoms with Gasteiger partial charge in [-0.25, -0.2) is 0 Å². The Morgan fingerprint density at radius 2 is 2.00 bits per heavy atom. The first kappa shape index (κ1) is 12.8. The minimum Gasteiger partial charge on any atom is -0.381 e. The van der Waals surface area contributed by atoms with E-state index in [-0.39, 0.29) is 18.1 Å². The molecule has 2 atom stereocenters. The fraction of sp³-hybridized carbons (Fsp3) is 0.917. The van der Waals surface area contributed by atoms with Crippen molar-refractivity contribution in [3.05, 3.63) is 0 Å². The first-order chi connectivity index (χ1) is 8.29. The van der Waals surface area contributed by atoms with Crippen LogP contribution in [-0.4, -0.2) is 44.4 Å². The van der Waals surface area contributed by atoms with Crippen LogP contribution in [0.2, 0.25) is 0 Å². The summed E-state index contributed by atoms with van der Waals surface area (Å²) in [6.07, 6.45) is 3.54. The van der Waals surface area contributed by atoms with Crippen LogP contribution in [-0.2, 0) is 14.3 Å². The number of nitrogens with two attached hydrogens (primary N) is 1. The highest BCUT2D eigenvalue weighted by Crippen LogP contribution is 2.19. The second-order valence-electron chi connectivity index (χ2n) is 4.86. The number of ether oxygens (including phenoxy) is 2. The van der Waals surface area contributed by atoms with Crippen molar-refractivity contribution in [2.24, 2.45) is 11.7 Å². The Morgan fingerprint density at radius 3 is 2.65 bits per heavy atom. The number of hydrogen-bond donors (Lipinski definition) is 2. The lowest BCUT2D eigenvalue weighted by molar-refractivity contribution is -0.132. The molecule has 5 heteroatoms. The van der Waals surface area contributed by atoms with Crippen LogP contribution in [0.25, 0.3) is 0 Å². The van der Waals surface area contributed by atoms with E-state index in [1.54, 1.807) is 0 Å². The molecule has 0 aromatic carbocycles. The molecule has 0 unspecified atom stereocenters. The summed E-state index contributed by atoms with van der Waals surface area (Å²) in [5.41, 5.74) is 5.52. The molecule has 2 saturated heterocycles. The maximum atomic E-state index is 11.8. The molecule has 2 aliphatic rings. The van der Waals surface area contributed by atoms with Crippen molar-refractivity contribution in [1.82, 2.24) is 5.32 Å². The van der Waals surface area contributed by atoms with Gasteiger partial charge in [0.1, 0.15) is 6.10 Å². The summed E-state index contributed by atoms with van der Waals surface area (Å²) in [6, 6.07) is 0. The van der Waals surface area contributed by atoms with Crippen LogP contribution in [0.5, 0.6) is 0 Å². The molecule has 2 rings (SSSR count). The van der Waals surface area contributed by atoms with Crippen LogP contribution in [0.15, 0.2) is 0 Å². The van der Waals surface area contributed by atoms with E-state index in [9.17, 15) is 4.79 Å². The van der Waals surface area contributed by atoms with Crippen LogP contribution in [0.3, 0.4) is 0 Å². The van der Waals surface area contributed by atoms with E-state index < -0.39 is 0 Å². The minimum atomic E-state index is -0.289. The first-order valence-electron chi connectivity index (χ1n) is 6.50. The Balaban J connectivity index is 1.66. The summed E-state index contributed by atoms with van der Waals surface area (Å²) in [5, 5.41) is 2.98. The van der Waals surface area contributed by atoms with Gasteiger partial charge in [-0.05, 0) is 31.6 Å². The fourth-order valence-electron chi connectivity index (χ4n) is 2.38. The molecule has 98 valence electrons. The van der Waals surface area contributed by atoms with Crippen LogP contribution in [0.1, 0.15) is 25.7 Å². The SMILES string of the molecule is NC[C@H]1CC[C@@H](C(=O)NCC2CCOCC2)O1. The van der Waals surface area contributed by atoms with Crippen LogP contribution < -0.4 is 11.1 Å². The van der Waals surface area contributed by atoms with E-state index in [4.69, 9.17) is 15.2 Å². The molecule has 2 aliphatic heterocycles. The Morgan fingerprint density at radius 1 is 1.24 bits per heavy atom. The van der Waals surface area contributed by atoms with E-state index in [1.807, 2.05) is 0 Å². The van der Waals surface area contributed by atoms with Gasteiger partial charge in [0.2, 0.25) is 5.91 Å². The van der Waals surface area contributed by atoms with Crippen LogP contribution in [0.4, 0.5) is 0 Å². The summed E-state index contributed by atoms with van der Waals surface area (Å²) >= 11 is 0. The number of carbonyl (C=O) groups excluding carboxylic acids is 1. The normalized spacial score (nSPS) is 30.4. The summed E-state index contributed by atoms with van der Waals surface area (Å²) in [7, 11) is 0. The predicted octanol–water partition coefficient (Wildman–Crippen LogP) is 0.0355. The molecule has 0 aromatic rings. The summed E-state index contributed by atoms with van der Waals surface area (Å²) in [5.74, 6) is 0.576. The van der Waals surface area contributed by atoms with E-state index in [0.717, 1.165) is 45.4 Å². The number of rotatable bonds is 4. The van der Waals surface area contributed by atoms with Crippen molar-refractivity contribution in [1.29, 1.82) is 0 Å². The quantitative estimate of drug-likeness (QED) is 0.730. The number of amides is 1. The summed E-state index contributed by atoms with van der Waals surface area (Å²) < 4.78 is 10.8. The molecule has 2 fully saturated rings. The predicted molar refractivity (Wildman–Crippen MR) is 63.5 cm³/mol. The summed E-state index contributed by atoms with van der Waals surface area (Å²) in [4.78, 5) is 11.8. The molecule has 0 spiro atoms. The highest BCUT2D eigenvalue weighted by Gasteiger charge is 2.30. The number of nitrogens with one attached hydrogen (secondary N) is 1. The Hall–Kier alpha value is -0.650. The maximum Gasteiger partial charge on any atom is 0.249 e. The molecule has 1 amide bonds. The van der Waals surface area contributed by atoms with Crippen LogP contribution >= 0.6 is 0 Å². The third kappa shape index (κ3) is 3.66. The molecule has 0 saturated carbocycles. The average molecular weight is 242 g/mol. The molecule has 5 nitrogen and oxygen atoms in total. The Labute approximate surface area is 102 Å². The van der Waals surface area contributed by atoms with E-state index in [1.165, 1.54) is 0 Å². The molecular weight excluding hydrogens is 220 g/mol. The van der Waals surface area contributed by atoms with Crippen LogP contribution in [0, 0.1) is 5.92 Å². The van der Waals surface area contributed by atoms with Crippen molar-refractivity contribution < 1.29 is 14.3 Å². The van der Waals surface area contributed by atoms with Crippen molar-refractivity contribution in [2.75, 3.05) is 26.3 Å². The molecule has 2 heterocycles. The van der Waals surface area contributed by atoms with Gasteiger partial charge in [0.15, 0.2) is 0 Å². The molecular formula is C12H22N2O3. The standard InChI is InChI=1S/C12H22N2O3/c13-7-10-1-2-11(17-10)12(15)14-8-9-3-5-16-6-4-9/h9-11H,1-8,13H2,(H,14,15)/t10-,11+/m1/s1. The Kier molecular flexibility index (Phi) is 4.76. The molecule has 0 aromatic heterocycles. The van der Waals surface area contributed by atoms with Gasteiger partial charge < -0.3 is 20.5 Å². The zero-order valence-electron chi connectivity index (χ0n) is 10.2. The highest BCUT2D eigenvalue weighted by molar-refractivity contribution is 5.81. The zero-order valence-corrected chi connectivity index (χ0v) is 10.2.